The largest absolute Gasteiger partial charge is 0.306 e. The zero-order valence-corrected chi connectivity index (χ0v) is 10.9. The van der Waals surface area contributed by atoms with Crippen LogP contribution in [0.3, 0.4) is 0 Å². The predicted molar refractivity (Wildman–Crippen MR) is 67.5 cm³/mol. The SMILES string of the molecule is O=C(c1cc(Br)ccc1F)C1CSCCN1. The van der Waals surface area contributed by atoms with Gasteiger partial charge in [0.2, 0.25) is 0 Å². The van der Waals surface area contributed by atoms with E-state index >= 15 is 0 Å². The van der Waals surface area contributed by atoms with E-state index in [0.29, 0.717) is 5.75 Å². The van der Waals surface area contributed by atoms with E-state index in [9.17, 15) is 9.18 Å². The van der Waals surface area contributed by atoms with Crippen molar-refractivity contribution in [3.8, 4) is 0 Å². The lowest BCUT2D eigenvalue weighted by molar-refractivity contribution is 0.0949. The van der Waals surface area contributed by atoms with Gasteiger partial charge in [-0.05, 0) is 18.2 Å². The summed E-state index contributed by atoms with van der Waals surface area (Å²) in [5, 5.41) is 3.11. The van der Waals surface area contributed by atoms with Crippen molar-refractivity contribution in [2.75, 3.05) is 18.1 Å². The third kappa shape index (κ3) is 2.64. The standard InChI is InChI=1S/C11H11BrFNOS/c12-7-1-2-9(13)8(5-7)11(15)10-6-16-4-3-14-10/h1-2,5,10,14H,3-4,6H2. The first kappa shape index (κ1) is 12.1. The highest BCUT2D eigenvalue weighted by molar-refractivity contribution is 9.10. The maximum absolute atomic E-state index is 13.5. The third-order valence-electron chi connectivity index (χ3n) is 2.43. The van der Waals surface area contributed by atoms with Gasteiger partial charge in [-0.1, -0.05) is 15.9 Å². The molecule has 1 aromatic rings. The van der Waals surface area contributed by atoms with E-state index in [1.165, 1.54) is 6.07 Å². The van der Waals surface area contributed by atoms with Gasteiger partial charge in [-0.2, -0.15) is 11.8 Å². The van der Waals surface area contributed by atoms with Crippen LogP contribution in [0.25, 0.3) is 0 Å². The van der Waals surface area contributed by atoms with Gasteiger partial charge < -0.3 is 5.32 Å². The summed E-state index contributed by atoms with van der Waals surface area (Å²) in [5.41, 5.74) is 0.161. The Morgan fingerprint density at radius 1 is 1.56 bits per heavy atom. The lowest BCUT2D eigenvalue weighted by atomic mass is 10.0. The quantitative estimate of drug-likeness (QED) is 0.851. The van der Waals surface area contributed by atoms with E-state index in [0.717, 1.165) is 16.8 Å². The average molecular weight is 304 g/mol. The van der Waals surface area contributed by atoms with Gasteiger partial charge in [-0.3, -0.25) is 4.79 Å². The van der Waals surface area contributed by atoms with E-state index in [1.807, 2.05) is 0 Å². The number of hydrogen-bond acceptors (Lipinski definition) is 3. The first-order valence-electron chi connectivity index (χ1n) is 4.99. The summed E-state index contributed by atoms with van der Waals surface area (Å²) in [6, 6.07) is 4.18. The molecule has 2 rings (SSSR count). The zero-order valence-electron chi connectivity index (χ0n) is 8.50. The Bertz CT molecular complexity index is 407. The first-order valence-corrected chi connectivity index (χ1v) is 6.93. The normalized spacial score (nSPS) is 20.8. The molecule has 1 saturated heterocycles. The van der Waals surface area contributed by atoms with Gasteiger partial charge in [0.15, 0.2) is 5.78 Å². The van der Waals surface area contributed by atoms with Crippen molar-refractivity contribution in [1.82, 2.24) is 5.32 Å². The molecule has 0 bridgehead atoms. The maximum atomic E-state index is 13.5. The molecule has 1 aromatic carbocycles. The number of nitrogens with one attached hydrogen (secondary N) is 1. The summed E-state index contributed by atoms with van der Waals surface area (Å²) in [6.07, 6.45) is 0. The number of benzene rings is 1. The molecule has 0 aromatic heterocycles. The van der Waals surface area contributed by atoms with E-state index in [-0.39, 0.29) is 17.4 Å². The smallest absolute Gasteiger partial charge is 0.183 e. The van der Waals surface area contributed by atoms with Gasteiger partial charge >= 0.3 is 0 Å². The van der Waals surface area contributed by atoms with Crippen LogP contribution in [0.1, 0.15) is 10.4 Å². The van der Waals surface area contributed by atoms with Gasteiger partial charge in [-0.15, -0.1) is 0 Å². The Morgan fingerprint density at radius 3 is 3.06 bits per heavy atom. The van der Waals surface area contributed by atoms with Gasteiger partial charge in [0.25, 0.3) is 0 Å². The van der Waals surface area contributed by atoms with Crippen LogP contribution >= 0.6 is 27.7 Å². The number of halogens is 2. The molecule has 1 aliphatic rings. The summed E-state index contributed by atoms with van der Waals surface area (Å²) in [6.45, 7) is 0.802. The molecule has 86 valence electrons. The number of carbonyl (C=O) groups excluding carboxylic acids is 1. The molecule has 0 saturated carbocycles. The fraction of sp³-hybridized carbons (Fsp3) is 0.364. The van der Waals surface area contributed by atoms with Gasteiger partial charge in [0.05, 0.1) is 11.6 Å². The molecule has 0 spiro atoms. The average Bonchev–Trinajstić information content (AvgIpc) is 2.32. The van der Waals surface area contributed by atoms with Crippen LogP contribution in [0.5, 0.6) is 0 Å². The van der Waals surface area contributed by atoms with Crippen LogP contribution in [-0.4, -0.2) is 29.9 Å². The maximum Gasteiger partial charge on any atom is 0.183 e. The Kier molecular flexibility index (Phi) is 4.00. The number of thioether (sulfide) groups is 1. The lowest BCUT2D eigenvalue weighted by Crippen LogP contribution is -2.43. The topological polar surface area (TPSA) is 29.1 Å². The first-order chi connectivity index (χ1) is 7.68. The Hall–Kier alpha value is -0.390. The predicted octanol–water partition coefficient (Wildman–Crippen LogP) is 2.48. The van der Waals surface area contributed by atoms with Crippen molar-refractivity contribution in [3.05, 3.63) is 34.1 Å². The molecular weight excluding hydrogens is 293 g/mol. The number of Topliss-reactive ketones (excluding diaryl/α,β-unsaturated/α-hetero) is 1. The molecular formula is C11H11BrFNOS. The van der Waals surface area contributed by atoms with E-state index in [1.54, 1.807) is 23.9 Å². The molecule has 1 atom stereocenters. The fourth-order valence-corrected chi connectivity index (χ4v) is 2.90. The van der Waals surface area contributed by atoms with Crippen LogP contribution in [0.2, 0.25) is 0 Å². The van der Waals surface area contributed by atoms with E-state index in [2.05, 4.69) is 21.2 Å². The Labute approximate surface area is 106 Å². The molecule has 2 nitrogen and oxygen atoms in total. The van der Waals surface area contributed by atoms with Crippen molar-refractivity contribution in [2.24, 2.45) is 0 Å². The molecule has 16 heavy (non-hydrogen) atoms. The summed E-state index contributed by atoms with van der Waals surface area (Å²) in [7, 11) is 0. The summed E-state index contributed by atoms with van der Waals surface area (Å²) >= 11 is 4.96. The molecule has 0 amide bonds. The highest BCUT2D eigenvalue weighted by Crippen LogP contribution is 2.19. The Balaban J connectivity index is 2.22. The molecule has 1 aliphatic heterocycles. The van der Waals surface area contributed by atoms with Crippen molar-refractivity contribution < 1.29 is 9.18 Å². The van der Waals surface area contributed by atoms with E-state index in [4.69, 9.17) is 0 Å². The lowest BCUT2D eigenvalue weighted by Gasteiger charge is -2.22. The van der Waals surface area contributed by atoms with Crippen LogP contribution in [0.15, 0.2) is 22.7 Å². The van der Waals surface area contributed by atoms with Crippen molar-refractivity contribution >= 4 is 33.5 Å². The molecule has 1 N–H and O–H groups in total. The molecule has 1 heterocycles. The number of ketones is 1. The minimum atomic E-state index is -0.453. The Morgan fingerprint density at radius 2 is 2.38 bits per heavy atom. The molecule has 0 radical (unpaired) electrons. The van der Waals surface area contributed by atoms with Crippen LogP contribution in [-0.2, 0) is 0 Å². The number of rotatable bonds is 2. The fourth-order valence-electron chi connectivity index (χ4n) is 1.61. The van der Waals surface area contributed by atoms with Crippen LogP contribution in [0, 0.1) is 5.82 Å². The second kappa shape index (κ2) is 5.29. The monoisotopic (exact) mass is 303 g/mol. The third-order valence-corrected chi connectivity index (χ3v) is 3.99. The zero-order chi connectivity index (χ0) is 11.5. The van der Waals surface area contributed by atoms with Crippen LogP contribution in [0.4, 0.5) is 4.39 Å². The molecule has 5 heteroatoms. The second-order valence-corrected chi connectivity index (χ2v) is 5.64. The summed E-state index contributed by atoms with van der Waals surface area (Å²) in [5.74, 6) is 1.10. The minimum absolute atomic E-state index is 0.161. The molecule has 1 fully saturated rings. The van der Waals surface area contributed by atoms with Gasteiger partial charge in [0.1, 0.15) is 5.82 Å². The molecule has 1 unspecified atom stereocenters. The number of carbonyl (C=O) groups is 1. The highest BCUT2D eigenvalue weighted by atomic mass is 79.9. The number of hydrogen-bond donors (Lipinski definition) is 1. The highest BCUT2D eigenvalue weighted by Gasteiger charge is 2.24. The van der Waals surface area contributed by atoms with Crippen molar-refractivity contribution in [2.45, 2.75) is 6.04 Å². The summed E-state index contributed by atoms with van der Waals surface area (Å²) < 4.78 is 14.2. The minimum Gasteiger partial charge on any atom is -0.306 e. The molecule has 0 aliphatic carbocycles. The van der Waals surface area contributed by atoms with Gasteiger partial charge in [-0.25, -0.2) is 4.39 Å². The van der Waals surface area contributed by atoms with Crippen LogP contribution < -0.4 is 5.32 Å². The van der Waals surface area contributed by atoms with Crippen molar-refractivity contribution in [1.29, 1.82) is 0 Å². The second-order valence-electron chi connectivity index (χ2n) is 3.57. The van der Waals surface area contributed by atoms with E-state index < -0.39 is 5.82 Å². The van der Waals surface area contributed by atoms with Gasteiger partial charge in [0, 0.05) is 22.5 Å². The van der Waals surface area contributed by atoms with Crippen molar-refractivity contribution in [3.63, 3.8) is 0 Å². The summed E-state index contributed by atoms with van der Waals surface area (Å²) in [4.78, 5) is 12.0.